The van der Waals surface area contributed by atoms with Crippen molar-refractivity contribution >= 4 is 17.8 Å². The topological polar surface area (TPSA) is 105 Å². The van der Waals surface area contributed by atoms with Crippen LogP contribution in [0.25, 0.3) is 0 Å². The highest BCUT2D eigenvalue weighted by Crippen LogP contribution is 2.11. The lowest BCUT2D eigenvalue weighted by Gasteiger charge is -2.06. The molecule has 0 bridgehead atoms. The molecule has 0 unspecified atom stereocenters. The number of hydrogen-bond acceptors (Lipinski definition) is 4. The number of carbonyl (C=O) groups is 3. The first-order valence-electron chi connectivity index (χ1n) is 5.88. The van der Waals surface area contributed by atoms with Gasteiger partial charge < -0.3 is 9.84 Å². The number of carbonyl (C=O) groups excluding carboxylic acids is 2. The summed E-state index contributed by atoms with van der Waals surface area (Å²) in [4.78, 5) is 33.0. The Hall–Kier alpha value is -3.09. The summed E-state index contributed by atoms with van der Waals surface area (Å²) in [7, 11) is 0. The van der Waals surface area contributed by atoms with E-state index in [0.717, 1.165) is 6.08 Å². The molecule has 1 aromatic rings. The van der Waals surface area contributed by atoms with Gasteiger partial charge in [0.25, 0.3) is 11.8 Å². The molecule has 0 saturated carbocycles. The van der Waals surface area contributed by atoms with Crippen molar-refractivity contribution in [1.29, 1.82) is 0 Å². The predicted molar refractivity (Wildman–Crippen MR) is 74.5 cm³/mol. The number of aliphatic carboxylic acids is 1. The highest BCUT2D eigenvalue weighted by Gasteiger charge is 2.06. The first kappa shape index (κ1) is 16.0. The van der Waals surface area contributed by atoms with E-state index in [1.54, 1.807) is 18.2 Å². The molecule has 0 aromatic heterocycles. The molecule has 7 nitrogen and oxygen atoms in total. The van der Waals surface area contributed by atoms with Crippen LogP contribution in [0.3, 0.4) is 0 Å². The summed E-state index contributed by atoms with van der Waals surface area (Å²) < 4.78 is 5.26. The van der Waals surface area contributed by atoms with Crippen LogP contribution in [0.4, 0.5) is 0 Å². The highest BCUT2D eigenvalue weighted by molar-refractivity contribution is 5.98. The van der Waals surface area contributed by atoms with Crippen LogP contribution in [-0.2, 0) is 9.59 Å². The van der Waals surface area contributed by atoms with Gasteiger partial charge in [-0.25, -0.2) is 4.79 Å². The Balaban J connectivity index is 2.50. The van der Waals surface area contributed by atoms with E-state index in [1.165, 1.54) is 12.1 Å². The van der Waals surface area contributed by atoms with Gasteiger partial charge in [-0.2, -0.15) is 0 Å². The van der Waals surface area contributed by atoms with E-state index >= 15 is 0 Å². The molecule has 3 N–H and O–H groups in total. The van der Waals surface area contributed by atoms with Gasteiger partial charge in [0.05, 0.1) is 0 Å². The average molecular weight is 290 g/mol. The number of carboxylic acid groups (broad SMARTS) is 1. The van der Waals surface area contributed by atoms with Crippen molar-refractivity contribution in [3.63, 3.8) is 0 Å². The molecule has 0 aliphatic heterocycles. The number of amides is 2. The standard InChI is InChI=1S/C14H14N2O5/c1-2-9-21-11-5-3-10(4-6-11)14(20)16-15-12(17)7-8-13(18)19/h2-8H,1,9H2,(H,15,17)(H,16,20)(H,18,19)/b8-7+. The summed E-state index contributed by atoms with van der Waals surface area (Å²) in [6.07, 6.45) is 3.04. The van der Waals surface area contributed by atoms with Gasteiger partial charge >= 0.3 is 5.97 Å². The van der Waals surface area contributed by atoms with Gasteiger partial charge in [-0.05, 0) is 24.3 Å². The molecule has 0 radical (unpaired) electrons. The molecule has 0 aliphatic carbocycles. The van der Waals surface area contributed by atoms with Gasteiger partial charge in [0, 0.05) is 17.7 Å². The smallest absolute Gasteiger partial charge is 0.328 e. The summed E-state index contributed by atoms with van der Waals surface area (Å²) in [6.45, 7) is 3.88. The number of nitrogens with one attached hydrogen (secondary N) is 2. The molecule has 0 heterocycles. The van der Waals surface area contributed by atoms with Gasteiger partial charge in [-0.15, -0.1) is 0 Å². The molecular weight excluding hydrogens is 276 g/mol. The zero-order valence-corrected chi connectivity index (χ0v) is 11.0. The molecule has 7 heteroatoms. The Morgan fingerprint density at radius 1 is 1.14 bits per heavy atom. The lowest BCUT2D eigenvalue weighted by Crippen LogP contribution is -2.40. The van der Waals surface area contributed by atoms with E-state index < -0.39 is 17.8 Å². The number of carboxylic acids is 1. The van der Waals surface area contributed by atoms with Crippen LogP contribution in [0, 0.1) is 0 Å². The van der Waals surface area contributed by atoms with Crippen LogP contribution in [0.1, 0.15) is 10.4 Å². The Bertz CT molecular complexity index is 563. The lowest BCUT2D eigenvalue weighted by atomic mass is 10.2. The van der Waals surface area contributed by atoms with Gasteiger partial charge in [-0.3, -0.25) is 20.4 Å². The molecule has 0 saturated heterocycles. The minimum Gasteiger partial charge on any atom is -0.490 e. The monoisotopic (exact) mass is 290 g/mol. The Labute approximate surface area is 120 Å². The maximum atomic E-state index is 11.7. The molecule has 1 aromatic carbocycles. The molecule has 0 atom stereocenters. The van der Waals surface area contributed by atoms with E-state index in [9.17, 15) is 14.4 Å². The fraction of sp³-hybridized carbons (Fsp3) is 0.0714. The minimum atomic E-state index is -1.26. The van der Waals surface area contributed by atoms with Gasteiger partial charge in [0.1, 0.15) is 12.4 Å². The zero-order valence-electron chi connectivity index (χ0n) is 11.0. The maximum Gasteiger partial charge on any atom is 0.328 e. The number of ether oxygens (including phenoxy) is 1. The summed E-state index contributed by atoms with van der Waals surface area (Å²) in [5, 5.41) is 8.33. The van der Waals surface area contributed by atoms with E-state index in [2.05, 4.69) is 17.4 Å². The fourth-order valence-electron chi connectivity index (χ4n) is 1.24. The summed E-state index contributed by atoms with van der Waals surface area (Å²) in [6, 6.07) is 6.25. The van der Waals surface area contributed by atoms with Crippen LogP contribution < -0.4 is 15.6 Å². The highest BCUT2D eigenvalue weighted by atomic mass is 16.5. The average Bonchev–Trinajstić information content (AvgIpc) is 2.49. The number of benzene rings is 1. The third-order valence-corrected chi connectivity index (χ3v) is 2.16. The van der Waals surface area contributed by atoms with Crippen LogP contribution in [-0.4, -0.2) is 29.5 Å². The second kappa shape index (κ2) is 8.16. The molecule has 0 aliphatic rings. The van der Waals surface area contributed by atoms with E-state index in [4.69, 9.17) is 9.84 Å². The SMILES string of the molecule is C=CCOc1ccc(C(=O)NNC(=O)/C=C/C(=O)O)cc1. The van der Waals surface area contributed by atoms with Gasteiger partial charge in [0.15, 0.2) is 0 Å². The predicted octanol–water partition coefficient (Wildman–Crippen LogP) is 0.653. The van der Waals surface area contributed by atoms with E-state index in [0.29, 0.717) is 24.0 Å². The minimum absolute atomic E-state index is 0.309. The van der Waals surface area contributed by atoms with Gasteiger partial charge in [0.2, 0.25) is 0 Å². The van der Waals surface area contributed by atoms with E-state index in [-0.39, 0.29) is 0 Å². The quantitative estimate of drug-likeness (QED) is 0.405. The first-order valence-corrected chi connectivity index (χ1v) is 5.88. The summed E-state index contributed by atoms with van der Waals surface area (Å²) in [5.74, 6) is -1.97. The normalized spacial score (nSPS) is 9.90. The second-order valence-electron chi connectivity index (χ2n) is 3.74. The molecule has 21 heavy (non-hydrogen) atoms. The Morgan fingerprint density at radius 2 is 1.81 bits per heavy atom. The van der Waals surface area contributed by atoms with E-state index in [1.807, 2.05) is 0 Å². The Morgan fingerprint density at radius 3 is 2.38 bits per heavy atom. The van der Waals surface area contributed by atoms with Crippen molar-refractivity contribution in [1.82, 2.24) is 10.9 Å². The van der Waals surface area contributed by atoms with Crippen molar-refractivity contribution in [3.05, 3.63) is 54.6 Å². The van der Waals surface area contributed by atoms with Crippen LogP contribution >= 0.6 is 0 Å². The van der Waals surface area contributed by atoms with Crippen molar-refractivity contribution in [2.45, 2.75) is 0 Å². The molecule has 0 spiro atoms. The number of rotatable bonds is 6. The summed E-state index contributed by atoms with van der Waals surface area (Å²) in [5.41, 5.74) is 4.51. The molecule has 0 fully saturated rings. The number of hydrogen-bond donors (Lipinski definition) is 3. The fourth-order valence-corrected chi connectivity index (χ4v) is 1.24. The van der Waals surface area contributed by atoms with Crippen molar-refractivity contribution in [2.75, 3.05) is 6.61 Å². The Kier molecular flexibility index (Phi) is 6.20. The van der Waals surface area contributed by atoms with Crippen molar-refractivity contribution in [3.8, 4) is 5.75 Å². The van der Waals surface area contributed by atoms with Crippen molar-refractivity contribution < 1.29 is 24.2 Å². The third kappa shape index (κ3) is 6.06. The van der Waals surface area contributed by atoms with Crippen LogP contribution in [0.15, 0.2) is 49.1 Å². The lowest BCUT2D eigenvalue weighted by molar-refractivity contribution is -0.131. The molecule has 2 amide bonds. The third-order valence-electron chi connectivity index (χ3n) is 2.16. The maximum absolute atomic E-state index is 11.7. The second-order valence-corrected chi connectivity index (χ2v) is 3.74. The molecule has 110 valence electrons. The van der Waals surface area contributed by atoms with Crippen LogP contribution in [0.5, 0.6) is 5.75 Å². The first-order chi connectivity index (χ1) is 10.0. The van der Waals surface area contributed by atoms with Gasteiger partial charge in [-0.1, -0.05) is 12.7 Å². The van der Waals surface area contributed by atoms with Crippen LogP contribution in [0.2, 0.25) is 0 Å². The molecule has 1 rings (SSSR count). The number of hydrazine groups is 1. The molecular formula is C14H14N2O5. The summed E-state index contributed by atoms with van der Waals surface area (Å²) >= 11 is 0. The largest absolute Gasteiger partial charge is 0.490 e. The van der Waals surface area contributed by atoms with Crippen molar-refractivity contribution in [2.24, 2.45) is 0 Å². The zero-order chi connectivity index (χ0) is 15.7.